The zero-order chi connectivity index (χ0) is 100. The summed E-state index contributed by atoms with van der Waals surface area (Å²) in [6.45, 7) is 21.3. The molecule has 4 unspecified atom stereocenters. The lowest BCUT2D eigenvalue weighted by molar-refractivity contribution is 0.331. The van der Waals surface area contributed by atoms with Gasteiger partial charge in [-0.15, -0.1) is 0 Å². The maximum absolute atomic E-state index is 2.56. The molecule has 24 aromatic carbocycles. The Labute approximate surface area is 879 Å². The minimum absolute atomic E-state index is 0.0761. The number of fused-ring (bicyclic) bond motifs is 23. The summed E-state index contributed by atoms with van der Waals surface area (Å²) in [5.74, 6) is 3.10. The molecule has 1 heteroatoms. The quantitative estimate of drug-likeness (QED) is 0.108. The molecule has 0 aromatic heterocycles. The molecule has 33 rings (SSSR count). The van der Waals surface area contributed by atoms with Crippen molar-refractivity contribution in [3.05, 3.63) is 507 Å². The first-order valence-corrected chi connectivity index (χ1v) is 55.3. The van der Waals surface area contributed by atoms with E-state index in [1.807, 2.05) is 0 Å². The fraction of sp³-hybridized carbons (Fsp3) is 0.181. The van der Waals surface area contributed by atoms with E-state index in [0.29, 0.717) is 0 Å². The molecule has 0 saturated heterocycles. The Balaban J connectivity index is 0.0000000923. The number of nitrogens with zero attached hydrogens (tertiary/aromatic N) is 1. The molecule has 4 bridgehead atoms. The molecule has 9 aliphatic rings. The molecular formula is C149H119N. The monoisotopic (exact) mass is 1920 g/mol. The molecule has 24 aromatic rings. The van der Waals surface area contributed by atoms with E-state index < -0.39 is 0 Å². The summed E-state index contributed by atoms with van der Waals surface area (Å²) in [5.41, 5.74) is 45.3. The van der Waals surface area contributed by atoms with Crippen LogP contribution in [0.4, 0.5) is 17.1 Å². The van der Waals surface area contributed by atoms with Gasteiger partial charge in [-0.25, -0.2) is 0 Å². The van der Waals surface area contributed by atoms with E-state index >= 15 is 0 Å². The van der Waals surface area contributed by atoms with Crippen LogP contribution in [0.2, 0.25) is 0 Å². The van der Waals surface area contributed by atoms with Crippen molar-refractivity contribution in [2.45, 2.75) is 172 Å². The summed E-state index contributed by atoms with van der Waals surface area (Å²) in [5, 5.41) is 30.2. The largest absolute Gasteiger partial charge is 0.309 e. The summed E-state index contributed by atoms with van der Waals surface area (Å²) in [6.07, 6.45) is 19.8. The number of benzene rings is 24. The van der Waals surface area contributed by atoms with Crippen LogP contribution in [0.5, 0.6) is 0 Å². The Morgan fingerprint density at radius 3 is 1.35 bits per heavy atom. The number of anilines is 3. The van der Waals surface area contributed by atoms with Crippen molar-refractivity contribution in [1.29, 1.82) is 0 Å². The molecule has 2 fully saturated rings. The molecule has 0 heterocycles. The van der Waals surface area contributed by atoms with Crippen LogP contribution in [0.3, 0.4) is 0 Å². The summed E-state index contributed by atoms with van der Waals surface area (Å²) >= 11 is 0. The zero-order valence-electron chi connectivity index (χ0n) is 87.1. The van der Waals surface area contributed by atoms with Crippen molar-refractivity contribution in [1.82, 2.24) is 0 Å². The van der Waals surface area contributed by atoms with Crippen molar-refractivity contribution in [2.75, 3.05) is 4.90 Å². The van der Waals surface area contributed by atoms with Gasteiger partial charge in [-0.3, -0.25) is 0 Å². The summed E-state index contributed by atoms with van der Waals surface area (Å²) in [4.78, 5) is 2.46. The molecule has 4 atom stereocenters. The normalized spacial score (nSPS) is 17.7. The van der Waals surface area contributed by atoms with Gasteiger partial charge in [0.2, 0.25) is 0 Å². The minimum atomic E-state index is -0.381. The van der Waals surface area contributed by atoms with Crippen molar-refractivity contribution in [3.63, 3.8) is 0 Å². The van der Waals surface area contributed by atoms with Crippen LogP contribution in [0, 0.1) is 20.8 Å². The van der Waals surface area contributed by atoms with E-state index in [-0.39, 0.29) is 21.7 Å². The molecule has 9 aliphatic carbocycles. The third-order valence-corrected chi connectivity index (χ3v) is 37.6. The van der Waals surface area contributed by atoms with Gasteiger partial charge >= 0.3 is 0 Å². The van der Waals surface area contributed by atoms with Gasteiger partial charge in [0.15, 0.2) is 0 Å². The highest BCUT2D eigenvalue weighted by atomic mass is 15.1. The number of aryl methyl sites for hydroxylation is 3. The Morgan fingerprint density at radius 2 is 0.733 bits per heavy atom. The highest BCUT2D eigenvalue weighted by molar-refractivity contribution is 6.31. The molecule has 0 amide bonds. The second kappa shape index (κ2) is 33.5. The van der Waals surface area contributed by atoms with Gasteiger partial charge in [-0.1, -0.05) is 429 Å². The van der Waals surface area contributed by atoms with E-state index in [9.17, 15) is 0 Å². The Kier molecular flexibility index (Phi) is 19.9. The second-order valence-corrected chi connectivity index (χ2v) is 47.1. The van der Waals surface area contributed by atoms with Crippen LogP contribution in [0.1, 0.15) is 223 Å². The van der Waals surface area contributed by atoms with E-state index in [1.165, 1.54) is 309 Å². The highest BCUT2D eigenvalue weighted by Crippen LogP contribution is 2.65. The van der Waals surface area contributed by atoms with Gasteiger partial charge in [0, 0.05) is 27.6 Å². The summed E-state index contributed by atoms with van der Waals surface area (Å²) in [7, 11) is 0. The molecule has 0 aliphatic heterocycles. The lowest BCUT2D eigenvalue weighted by Crippen LogP contribution is -2.35. The topological polar surface area (TPSA) is 3.24 Å². The SMILES string of the molecule is CC1(C)c2c(cc3c4c5c(ccc24)C=CCC5=CC3)-c2c1c1cccc3ccc4cccc2c4c31.Cc1ccc(N(c2ccc(C)cc2)c2c3ccccc3c(-c3ccc(C)c4c3C(C)(C)CCC4(C)C)c3ccccc23)cc1.c1cc(-c2ccc3ccc4c(-c5cccc6c5C5CCC6C5)ccc5ccc2c3c54)c2c(c1)C1CCC2C1.c1ccc(C2(c3ccccc3)c3ccccc3-c3c4ccccc4cc4cccc2c34)cc1. The molecule has 0 spiro atoms. The molecule has 0 N–H and O–H groups in total. The van der Waals surface area contributed by atoms with Crippen LogP contribution in [-0.2, 0) is 28.1 Å². The third-order valence-electron chi connectivity index (χ3n) is 37.6. The second-order valence-electron chi connectivity index (χ2n) is 47.1. The van der Waals surface area contributed by atoms with E-state index in [0.717, 1.165) is 47.9 Å². The Hall–Kier alpha value is -16.1. The van der Waals surface area contributed by atoms with Crippen molar-refractivity contribution < 1.29 is 0 Å². The Morgan fingerprint density at radius 1 is 0.273 bits per heavy atom. The van der Waals surface area contributed by atoms with Gasteiger partial charge in [-0.2, -0.15) is 0 Å². The number of hydrogen-bond acceptors (Lipinski definition) is 1. The average molecular weight is 1920 g/mol. The zero-order valence-corrected chi connectivity index (χ0v) is 87.1. The van der Waals surface area contributed by atoms with Crippen LogP contribution >= 0.6 is 0 Å². The molecule has 0 radical (unpaired) electrons. The molecule has 720 valence electrons. The number of allylic oxidation sites excluding steroid dienone is 3. The molecule has 1 nitrogen and oxygen atoms in total. The maximum atomic E-state index is 2.56. The van der Waals surface area contributed by atoms with Gasteiger partial charge in [0.25, 0.3) is 0 Å². The third kappa shape index (κ3) is 13.0. The van der Waals surface area contributed by atoms with Gasteiger partial charge < -0.3 is 4.90 Å². The smallest absolute Gasteiger partial charge is 0.0713 e. The minimum Gasteiger partial charge on any atom is -0.309 e. The number of hydrogen-bond donors (Lipinski definition) is 0. The fourth-order valence-electron chi connectivity index (χ4n) is 31.3. The first-order valence-electron chi connectivity index (χ1n) is 55.3. The van der Waals surface area contributed by atoms with Crippen LogP contribution in [-0.4, -0.2) is 0 Å². The maximum Gasteiger partial charge on any atom is 0.0713 e. The predicted octanol–water partition coefficient (Wildman–Crippen LogP) is 40.8. The molecular weight excluding hydrogens is 1800 g/mol. The number of rotatable bonds is 8. The van der Waals surface area contributed by atoms with Gasteiger partial charge in [0.05, 0.1) is 11.1 Å². The van der Waals surface area contributed by atoms with E-state index in [1.54, 1.807) is 27.8 Å². The lowest BCUT2D eigenvalue weighted by Gasteiger charge is -2.44. The first-order chi connectivity index (χ1) is 73.4. The van der Waals surface area contributed by atoms with E-state index in [2.05, 4.69) is 480 Å². The molecule has 2 saturated carbocycles. The van der Waals surface area contributed by atoms with Crippen molar-refractivity contribution >= 4 is 147 Å². The molecule has 150 heavy (non-hydrogen) atoms. The predicted molar refractivity (Wildman–Crippen MR) is 640 cm³/mol. The first kappa shape index (κ1) is 89.2. The van der Waals surface area contributed by atoms with Crippen molar-refractivity contribution in [3.8, 4) is 55.6 Å². The Bertz CT molecular complexity index is 9620. The average Bonchev–Trinajstić information content (AvgIpc) is 1.29. The summed E-state index contributed by atoms with van der Waals surface area (Å²) in [6, 6.07) is 149. The lowest BCUT2D eigenvalue weighted by atomic mass is 9.59. The van der Waals surface area contributed by atoms with Crippen LogP contribution in [0.25, 0.3) is 186 Å². The fourth-order valence-corrected chi connectivity index (χ4v) is 31.3. The van der Waals surface area contributed by atoms with Crippen molar-refractivity contribution in [2.24, 2.45) is 0 Å². The van der Waals surface area contributed by atoms with E-state index in [4.69, 9.17) is 0 Å². The van der Waals surface area contributed by atoms with Crippen LogP contribution in [0.15, 0.2) is 406 Å². The van der Waals surface area contributed by atoms with Gasteiger partial charge in [0.1, 0.15) is 0 Å². The van der Waals surface area contributed by atoms with Gasteiger partial charge in [-0.05, 0) is 414 Å². The standard InChI is InChI=1S/C43H43N.C38H30.C35H24.C33H22/c1-28-16-21-31(22-17-28)44(32-23-18-29(2)19-24-32)41-35-14-10-8-12-33(35)38(34-13-9-11-15-36(34)41)37-25-20-30(3)39-40(37)43(6,7)27-26-42(39,4)5;1-3-27-23-7-9-25(19-23)35(27)31(5-1)29-15-11-21-14-18-34-30(16-12-22-13-17-33(29)37(21)38(22)34)32-6-2-4-28-24-8-10-26(20-24)36(28)32;1-35(2)33-26-17-16-20-7-3-6-19-14-15-23(31(26)28(19)20)18-27(33)32-24-10-4-8-21-12-13-22-9-5-11-25(34(32)35)30(22)29(21)24;1-3-14-25(15-4-1)33(26-16-5-2-6-17-26)29-20-10-9-19-28(29)32-27-18-8-7-12-23(27)22-24-13-11-21-30(33)31(24)32/h8-25H,26-27H2,1-7H3;1-6,11-18,23-26H,7-10,19-20H2;3-5,7-14,16-18H,6,15H2,1-2H3;1-22H. The summed E-state index contributed by atoms with van der Waals surface area (Å²) < 4.78 is 0. The van der Waals surface area contributed by atoms with Crippen LogP contribution < -0.4 is 4.90 Å². The highest BCUT2D eigenvalue weighted by Gasteiger charge is 2.48.